The molecule has 0 saturated heterocycles. The molecule has 0 spiro atoms. The summed E-state index contributed by atoms with van der Waals surface area (Å²) in [5.74, 6) is 0.482. The van der Waals surface area contributed by atoms with Crippen LogP contribution in [0.2, 0.25) is 0 Å². The molecule has 0 aromatic heterocycles. The quantitative estimate of drug-likeness (QED) is 0.586. The number of nitriles is 1. The van der Waals surface area contributed by atoms with Gasteiger partial charge in [-0.2, -0.15) is 5.26 Å². The Labute approximate surface area is 102 Å². The summed E-state index contributed by atoms with van der Waals surface area (Å²) in [4.78, 5) is 5.19. The standard InChI is InChI=1S/C14H15N2O/c15-9-12-5-7-14(8-6-12)11-17-16-10-13-3-1-2-4-13/h5-8,13H,1-4,11H2. The molecular weight excluding hydrogens is 212 g/mol. The van der Waals surface area contributed by atoms with Crippen molar-refractivity contribution in [1.29, 1.82) is 5.26 Å². The minimum Gasteiger partial charge on any atom is -0.391 e. The van der Waals surface area contributed by atoms with Crippen LogP contribution in [0.4, 0.5) is 0 Å². The second-order valence-electron chi connectivity index (χ2n) is 4.28. The molecule has 2 rings (SSSR count). The summed E-state index contributed by atoms with van der Waals surface area (Å²) < 4.78 is 0. The van der Waals surface area contributed by atoms with Gasteiger partial charge in [-0.25, -0.2) is 0 Å². The lowest BCUT2D eigenvalue weighted by molar-refractivity contribution is 0.130. The molecule has 0 unspecified atom stereocenters. The number of benzene rings is 1. The lowest BCUT2D eigenvalue weighted by Crippen LogP contribution is -1.95. The van der Waals surface area contributed by atoms with Gasteiger partial charge in [0.05, 0.1) is 11.6 Å². The molecule has 0 atom stereocenters. The summed E-state index contributed by atoms with van der Waals surface area (Å²) in [5.41, 5.74) is 1.68. The van der Waals surface area contributed by atoms with Crippen LogP contribution in [0, 0.1) is 17.2 Å². The van der Waals surface area contributed by atoms with E-state index in [4.69, 9.17) is 10.1 Å². The fourth-order valence-electron chi connectivity index (χ4n) is 1.95. The Bertz CT molecular complexity index is 411. The third-order valence-electron chi connectivity index (χ3n) is 2.97. The number of hydrogen-bond acceptors (Lipinski definition) is 3. The van der Waals surface area contributed by atoms with Crippen LogP contribution in [0.1, 0.15) is 36.8 Å². The van der Waals surface area contributed by atoms with E-state index in [1.165, 1.54) is 25.7 Å². The van der Waals surface area contributed by atoms with Gasteiger partial charge in [-0.3, -0.25) is 0 Å². The minimum atomic E-state index is 0.436. The molecule has 1 saturated carbocycles. The van der Waals surface area contributed by atoms with Crippen LogP contribution in [0.25, 0.3) is 0 Å². The Morgan fingerprint density at radius 2 is 1.94 bits per heavy atom. The normalized spacial score (nSPS) is 16.2. The Kier molecular flexibility index (Phi) is 4.15. The molecule has 1 aliphatic carbocycles. The van der Waals surface area contributed by atoms with Gasteiger partial charge in [-0.15, -0.1) is 0 Å². The molecule has 1 radical (unpaired) electrons. The van der Waals surface area contributed by atoms with Crippen molar-refractivity contribution in [3.63, 3.8) is 0 Å². The largest absolute Gasteiger partial charge is 0.391 e. The van der Waals surface area contributed by atoms with Crippen LogP contribution < -0.4 is 0 Å². The molecule has 17 heavy (non-hydrogen) atoms. The van der Waals surface area contributed by atoms with Crippen molar-refractivity contribution in [3.05, 3.63) is 35.4 Å². The molecule has 0 N–H and O–H groups in total. The maximum atomic E-state index is 8.65. The monoisotopic (exact) mass is 227 g/mol. The van der Waals surface area contributed by atoms with Gasteiger partial charge in [0.1, 0.15) is 12.8 Å². The Morgan fingerprint density at radius 3 is 2.59 bits per heavy atom. The third-order valence-corrected chi connectivity index (χ3v) is 2.97. The topological polar surface area (TPSA) is 45.4 Å². The molecular formula is C14H15N2O. The molecule has 87 valence electrons. The highest BCUT2D eigenvalue weighted by molar-refractivity contribution is 5.60. The summed E-state index contributed by atoms with van der Waals surface area (Å²) in [6, 6.07) is 9.40. The lowest BCUT2D eigenvalue weighted by Gasteiger charge is -2.01. The summed E-state index contributed by atoms with van der Waals surface area (Å²) in [6.45, 7) is 0.436. The Hall–Kier alpha value is -1.82. The van der Waals surface area contributed by atoms with Crippen molar-refractivity contribution in [3.8, 4) is 6.07 Å². The highest BCUT2D eigenvalue weighted by Gasteiger charge is 2.12. The molecule has 3 nitrogen and oxygen atoms in total. The van der Waals surface area contributed by atoms with Crippen molar-refractivity contribution in [2.24, 2.45) is 11.1 Å². The average molecular weight is 227 g/mol. The van der Waals surface area contributed by atoms with E-state index in [9.17, 15) is 0 Å². The van der Waals surface area contributed by atoms with E-state index in [-0.39, 0.29) is 0 Å². The second-order valence-corrected chi connectivity index (χ2v) is 4.28. The maximum Gasteiger partial charge on any atom is 0.142 e. The fourth-order valence-corrected chi connectivity index (χ4v) is 1.95. The molecule has 1 fully saturated rings. The van der Waals surface area contributed by atoms with Crippen molar-refractivity contribution < 1.29 is 4.84 Å². The van der Waals surface area contributed by atoms with Gasteiger partial charge in [-0.1, -0.05) is 30.1 Å². The SMILES string of the molecule is N#Cc1ccc(CO/N=[C]\C2CCCC2)cc1. The first-order valence-electron chi connectivity index (χ1n) is 5.95. The van der Waals surface area contributed by atoms with E-state index in [1.54, 1.807) is 12.1 Å². The Balaban J connectivity index is 1.75. The van der Waals surface area contributed by atoms with Gasteiger partial charge in [0.2, 0.25) is 0 Å². The number of nitrogens with zero attached hydrogens (tertiary/aromatic N) is 2. The van der Waals surface area contributed by atoms with E-state index in [0.29, 0.717) is 18.1 Å². The predicted molar refractivity (Wildman–Crippen MR) is 65.3 cm³/mol. The number of hydrogen-bond donors (Lipinski definition) is 0. The first-order chi connectivity index (χ1) is 8.38. The highest BCUT2D eigenvalue weighted by Crippen LogP contribution is 2.22. The van der Waals surface area contributed by atoms with Crippen molar-refractivity contribution in [2.75, 3.05) is 0 Å². The van der Waals surface area contributed by atoms with Gasteiger partial charge in [-0.05, 0) is 30.5 Å². The summed E-state index contributed by atoms with van der Waals surface area (Å²) in [7, 11) is 0. The van der Waals surface area contributed by atoms with Gasteiger partial charge in [0.25, 0.3) is 0 Å². The molecule has 1 aromatic rings. The smallest absolute Gasteiger partial charge is 0.142 e. The summed E-state index contributed by atoms with van der Waals surface area (Å²) in [5, 5.41) is 12.5. The van der Waals surface area contributed by atoms with Crippen LogP contribution in [0.3, 0.4) is 0 Å². The first-order valence-corrected chi connectivity index (χ1v) is 5.95. The van der Waals surface area contributed by atoms with E-state index in [1.807, 2.05) is 12.1 Å². The predicted octanol–water partition coefficient (Wildman–Crippen LogP) is 3.13. The van der Waals surface area contributed by atoms with E-state index in [0.717, 1.165) is 5.56 Å². The van der Waals surface area contributed by atoms with Crippen LogP contribution in [0.5, 0.6) is 0 Å². The zero-order chi connectivity index (χ0) is 11.9. The van der Waals surface area contributed by atoms with Crippen LogP contribution in [0.15, 0.2) is 29.4 Å². The zero-order valence-corrected chi connectivity index (χ0v) is 9.72. The first kappa shape index (κ1) is 11.7. The fraction of sp³-hybridized carbons (Fsp3) is 0.429. The zero-order valence-electron chi connectivity index (χ0n) is 9.72. The van der Waals surface area contributed by atoms with Gasteiger partial charge >= 0.3 is 0 Å². The number of rotatable bonds is 4. The van der Waals surface area contributed by atoms with Crippen molar-refractivity contribution >= 4 is 6.21 Å². The Morgan fingerprint density at radius 1 is 1.24 bits per heavy atom. The molecule has 0 heterocycles. The van der Waals surface area contributed by atoms with Crippen LogP contribution in [-0.4, -0.2) is 6.21 Å². The van der Waals surface area contributed by atoms with Gasteiger partial charge in [0.15, 0.2) is 0 Å². The molecule has 0 amide bonds. The van der Waals surface area contributed by atoms with Crippen molar-refractivity contribution in [2.45, 2.75) is 32.3 Å². The average Bonchev–Trinajstić information content (AvgIpc) is 2.88. The van der Waals surface area contributed by atoms with Gasteiger partial charge in [0, 0.05) is 5.92 Å². The van der Waals surface area contributed by atoms with Crippen molar-refractivity contribution in [1.82, 2.24) is 0 Å². The molecule has 0 bridgehead atoms. The highest BCUT2D eigenvalue weighted by atomic mass is 16.6. The van der Waals surface area contributed by atoms with E-state index < -0.39 is 0 Å². The van der Waals surface area contributed by atoms with Crippen LogP contribution in [-0.2, 0) is 11.4 Å². The molecule has 0 aliphatic heterocycles. The molecule has 1 aromatic carbocycles. The second kappa shape index (κ2) is 6.05. The van der Waals surface area contributed by atoms with Crippen LogP contribution >= 0.6 is 0 Å². The molecule has 3 heteroatoms. The minimum absolute atomic E-state index is 0.436. The van der Waals surface area contributed by atoms with E-state index >= 15 is 0 Å². The lowest BCUT2D eigenvalue weighted by atomic mass is 10.1. The third kappa shape index (κ3) is 3.60. The summed E-state index contributed by atoms with van der Waals surface area (Å²) in [6.07, 6.45) is 7.95. The summed E-state index contributed by atoms with van der Waals surface area (Å²) >= 11 is 0. The van der Waals surface area contributed by atoms with E-state index in [2.05, 4.69) is 17.4 Å². The molecule has 1 aliphatic rings. The maximum absolute atomic E-state index is 8.65. The van der Waals surface area contributed by atoms with Gasteiger partial charge < -0.3 is 4.84 Å².